The summed E-state index contributed by atoms with van der Waals surface area (Å²) in [6.07, 6.45) is 3.08. The highest BCUT2D eigenvalue weighted by Crippen LogP contribution is 2.29. The van der Waals surface area contributed by atoms with Crippen molar-refractivity contribution in [1.29, 1.82) is 0 Å². The number of nitrogens with one attached hydrogen (secondary N) is 1. The fourth-order valence-electron chi connectivity index (χ4n) is 3.40. The van der Waals surface area contributed by atoms with Crippen molar-refractivity contribution < 1.29 is 28.5 Å². The molecule has 1 atom stereocenters. The number of morpholine rings is 1. The highest BCUT2D eigenvalue weighted by atomic mass is 16.5. The third-order valence-electron chi connectivity index (χ3n) is 5.10. The summed E-state index contributed by atoms with van der Waals surface area (Å²) in [5, 5.41) is 2.72. The van der Waals surface area contributed by atoms with Crippen LogP contribution in [-0.4, -0.2) is 68.9 Å². The number of carbonyl (C=O) groups is 2. The summed E-state index contributed by atoms with van der Waals surface area (Å²) in [6.45, 7) is 6.95. The Labute approximate surface area is 200 Å². The van der Waals surface area contributed by atoms with Crippen LogP contribution < -0.4 is 19.5 Å². The van der Waals surface area contributed by atoms with Crippen LogP contribution in [0.15, 0.2) is 54.6 Å². The van der Waals surface area contributed by atoms with Crippen LogP contribution in [0, 0.1) is 0 Å². The molecule has 8 nitrogen and oxygen atoms in total. The Bertz CT molecular complexity index is 957. The molecule has 1 aliphatic rings. The average Bonchev–Trinajstić information content (AvgIpc) is 2.87. The number of ether oxygens (including phenoxy) is 4. The second-order valence-corrected chi connectivity index (χ2v) is 7.65. The summed E-state index contributed by atoms with van der Waals surface area (Å²) < 4.78 is 22.4. The van der Waals surface area contributed by atoms with Gasteiger partial charge in [0.25, 0.3) is 0 Å². The molecule has 2 aromatic carbocycles. The summed E-state index contributed by atoms with van der Waals surface area (Å²) in [7, 11) is 0. The summed E-state index contributed by atoms with van der Waals surface area (Å²) >= 11 is 0. The van der Waals surface area contributed by atoms with Gasteiger partial charge in [-0.05, 0) is 49.8 Å². The summed E-state index contributed by atoms with van der Waals surface area (Å²) in [4.78, 5) is 26.5. The molecule has 34 heavy (non-hydrogen) atoms. The first-order chi connectivity index (χ1) is 16.6. The van der Waals surface area contributed by atoms with Crippen molar-refractivity contribution in [2.75, 3.05) is 46.1 Å². The Kier molecular flexibility index (Phi) is 9.79. The van der Waals surface area contributed by atoms with Crippen molar-refractivity contribution in [3.05, 3.63) is 60.2 Å². The van der Waals surface area contributed by atoms with Gasteiger partial charge in [-0.25, -0.2) is 0 Å². The van der Waals surface area contributed by atoms with Crippen molar-refractivity contribution >= 4 is 17.9 Å². The lowest BCUT2D eigenvalue weighted by Crippen LogP contribution is -2.50. The van der Waals surface area contributed by atoms with E-state index in [1.165, 1.54) is 6.08 Å². The highest BCUT2D eigenvalue weighted by molar-refractivity contribution is 5.95. The van der Waals surface area contributed by atoms with Gasteiger partial charge in [0, 0.05) is 19.2 Å². The normalized spacial score (nSPS) is 14.5. The number of amides is 2. The predicted octanol–water partition coefficient (Wildman–Crippen LogP) is 2.92. The molecule has 1 fully saturated rings. The number of hydrogen-bond acceptors (Lipinski definition) is 6. The number of nitrogens with zero attached hydrogens (tertiary/aromatic N) is 1. The first kappa shape index (κ1) is 25.1. The SMILES string of the molecule is CCOc1cc(/C=C/C(=O)NC(C)C(=O)N2CCOCC2)ccc1OCCOc1ccccc1. The average molecular weight is 469 g/mol. The topological polar surface area (TPSA) is 86.3 Å². The summed E-state index contributed by atoms with van der Waals surface area (Å²) in [5.41, 5.74) is 0.777. The minimum atomic E-state index is -0.608. The van der Waals surface area contributed by atoms with Crippen LogP contribution in [-0.2, 0) is 14.3 Å². The van der Waals surface area contributed by atoms with Crippen molar-refractivity contribution in [2.45, 2.75) is 19.9 Å². The Balaban J connectivity index is 1.51. The van der Waals surface area contributed by atoms with E-state index in [0.29, 0.717) is 57.6 Å². The van der Waals surface area contributed by atoms with Gasteiger partial charge < -0.3 is 29.2 Å². The van der Waals surface area contributed by atoms with E-state index in [-0.39, 0.29) is 11.8 Å². The molecule has 0 saturated carbocycles. The van der Waals surface area contributed by atoms with Crippen LogP contribution >= 0.6 is 0 Å². The van der Waals surface area contributed by atoms with Gasteiger partial charge >= 0.3 is 0 Å². The number of rotatable bonds is 11. The van der Waals surface area contributed by atoms with Gasteiger partial charge in [0.15, 0.2) is 11.5 Å². The molecule has 2 amide bonds. The third kappa shape index (κ3) is 7.81. The van der Waals surface area contributed by atoms with Crippen LogP contribution in [0.2, 0.25) is 0 Å². The first-order valence-corrected chi connectivity index (χ1v) is 11.5. The molecular weight excluding hydrogens is 436 g/mol. The lowest BCUT2D eigenvalue weighted by molar-refractivity contribution is -0.138. The molecule has 182 valence electrons. The van der Waals surface area contributed by atoms with E-state index < -0.39 is 6.04 Å². The maximum Gasteiger partial charge on any atom is 0.245 e. The fourth-order valence-corrected chi connectivity index (χ4v) is 3.40. The van der Waals surface area contributed by atoms with E-state index in [0.717, 1.165) is 11.3 Å². The van der Waals surface area contributed by atoms with Crippen LogP contribution in [0.3, 0.4) is 0 Å². The molecule has 1 aliphatic heterocycles. The standard InChI is InChI=1S/C26H32N2O6/c1-3-32-24-19-21(9-11-23(24)34-18-17-33-22-7-5-4-6-8-22)10-12-25(29)27-20(2)26(30)28-13-15-31-16-14-28/h4-12,19-20H,3,13-18H2,1-2H3,(H,27,29)/b12-10+. The lowest BCUT2D eigenvalue weighted by Gasteiger charge is -2.29. The second-order valence-electron chi connectivity index (χ2n) is 7.65. The van der Waals surface area contributed by atoms with E-state index in [1.807, 2.05) is 49.4 Å². The monoisotopic (exact) mass is 468 g/mol. The summed E-state index contributed by atoms with van der Waals surface area (Å²) in [6, 6.07) is 14.4. The molecule has 1 unspecified atom stereocenters. The van der Waals surface area contributed by atoms with E-state index in [1.54, 1.807) is 24.0 Å². The van der Waals surface area contributed by atoms with Crippen LogP contribution in [0.25, 0.3) is 6.08 Å². The van der Waals surface area contributed by atoms with Crippen molar-refractivity contribution in [1.82, 2.24) is 10.2 Å². The highest BCUT2D eigenvalue weighted by Gasteiger charge is 2.23. The van der Waals surface area contributed by atoms with Gasteiger partial charge in [-0.2, -0.15) is 0 Å². The smallest absolute Gasteiger partial charge is 0.245 e. The zero-order valence-corrected chi connectivity index (χ0v) is 19.7. The number of para-hydroxylation sites is 1. The lowest BCUT2D eigenvalue weighted by atomic mass is 10.2. The molecule has 0 aromatic heterocycles. The molecule has 1 heterocycles. The summed E-state index contributed by atoms with van der Waals surface area (Å²) in [5.74, 6) is 1.52. The van der Waals surface area contributed by atoms with E-state index in [2.05, 4.69) is 5.32 Å². The Hall–Kier alpha value is -3.52. The van der Waals surface area contributed by atoms with Gasteiger partial charge in [-0.1, -0.05) is 24.3 Å². The second kappa shape index (κ2) is 13.3. The number of carbonyl (C=O) groups excluding carboxylic acids is 2. The van der Waals surface area contributed by atoms with Crippen molar-refractivity contribution in [2.24, 2.45) is 0 Å². The minimum absolute atomic E-state index is 0.110. The molecule has 1 N–H and O–H groups in total. The van der Waals surface area contributed by atoms with Gasteiger partial charge in [0.05, 0.1) is 19.8 Å². The number of benzene rings is 2. The van der Waals surface area contributed by atoms with E-state index in [9.17, 15) is 9.59 Å². The predicted molar refractivity (Wildman–Crippen MR) is 129 cm³/mol. The van der Waals surface area contributed by atoms with Crippen LogP contribution in [0.5, 0.6) is 17.2 Å². The minimum Gasteiger partial charge on any atom is -0.490 e. The zero-order chi connectivity index (χ0) is 24.2. The molecule has 0 bridgehead atoms. The molecule has 2 aromatic rings. The molecule has 8 heteroatoms. The van der Waals surface area contributed by atoms with Gasteiger partial charge in [0.1, 0.15) is 25.0 Å². The Morgan fingerprint density at radius 3 is 2.50 bits per heavy atom. The van der Waals surface area contributed by atoms with Crippen molar-refractivity contribution in [3.8, 4) is 17.2 Å². The largest absolute Gasteiger partial charge is 0.490 e. The quantitative estimate of drug-likeness (QED) is 0.403. The molecule has 3 rings (SSSR count). The van der Waals surface area contributed by atoms with E-state index in [4.69, 9.17) is 18.9 Å². The fraction of sp³-hybridized carbons (Fsp3) is 0.385. The van der Waals surface area contributed by atoms with Gasteiger partial charge in [-0.15, -0.1) is 0 Å². The Morgan fingerprint density at radius 1 is 1.03 bits per heavy atom. The van der Waals surface area contributed by atoms with Crippen molar-refractivity contribution in [3.63, 3.8) is 0 Å². The zero-order valence-electron chi connectivity index (χ0n) is 19.7. The number of hydrogen-bond donors (Lipinski definition) is 1. The maximum atomic E-state index is 12.4. The third-order valence-corrected chi connectivity index (χ3v) is 5.10. The van der Waals surface area contributed by atoms with Crippen LogP contribution in [0.4, 0.5) is 0 Å². The molecule has 1 saturated heterocycles. The van der Waals surface area contributed by atoms with Gasteiger partial charge in [0.2, 0.25) is 11.8 Å². The molecular formula is C26H32N2O6. The van der Waals surface area contributed by atoms with Gasteiger partial charge in [-0.3, -0.25) is 9.59 Å². The van der Waals surface area contributed by atoms with E-state index >= 15 is 0 Å². The Morgan fingerprint density at radius 2 is 1.76 bits per heavy atom. The molecule has 0 radical (unpaired) electrons. The van der Waals surface area contributed by atoms with Crippen LogP contribution in [0.1, 0.15) is 19.4 Å². The molecule has 0 aliphatic carbocycles. The molecule has 0 spiro atoms. The first-order valence-electron chi connectivity index (χ1n) is 11.5. The maximum absolute atomic E-state index is 12.4.